The Morgan fingerprint density at radius 3 is 2.39 bits per heavy atom. The molecule has 2 heteroatoms. The van der Waals surface area contributed by atoms with E-state index >= 15 is 0 Å². The number of nitriles is 1. The van der Waals surface area contributed by atoms with Crippen LogP contribution in [0.25, 0.3) is 5.57 Å². The molecule has 0 amide bonds. The molecule has 96 valence electrons. The van der Waals surface area contributed by atoms with E-state index < -0.39 is 0 Å². The number of benzene rings is 1. The van der Waals surface area contributed by atoms with E-state index in [4.69, 9.17) is 4.74 Å². The molecule has 0 atom stereocenters. The molecule has 0 bridgehead atoms. The fourth-order valence-electron chi connectivity index (χ4n) is 1.82. The van der Waals surface area contributed by atoms with Crippen molar-refractivity contribution in [2.45, 2.75) is 33.6 Å². The fraction of sp³-hybridized carbons (Fsp3) is 0.438. The normalized spacial score (nSPS) is 11.8. The molecule has 1 rings (SSSR count). The van der Waals surface area contributed by atoms with Crippen molar-refractivity contribution in [3.63, 3.8) is 0 Å². The molecular weight excluding hydrogens is 222 g/mol. The van der Waals surface area contributed by atoms with Gasteiger partial charge in [0.15, 0.2) is 0 Å². The molecule has 1 aromatic rings. The van der Waals surface area contributed by atoms with Gasteiger partial charge in [-0.1, -0.05) is 39.8 Å². The Morgan fingerprint density at radius 2 is 1.94 bits per heavy atom. The Bertz CT molecular complexity index is 478. The second kappa shape index (κ2) is 6.26. The van der Waals surface area contributed by atoms with E-state index in [0.29, 0.717) is 17.4 Å². The topological polar surface area (TPSA) is 33.0 Å². The molecule has 0 aliphatic carbocycles. The highest BCUT2D eigenvalue weighted by Gasteiger charge is 2.11. The van der Waals surface area contributed by atoms with Crippen LogP contribution in [0.1, 0.15) is 44.7 Å². The van der Waals surface area contributed by atoms with E-state index in [-0.39, 0.29) is 0 Å². The summed E-state index contributed by atoms with van der Waals surface area (Å²) in [4.78, 5) is 0. The molecule has 0 radical (unpaired) electrons. The third kappa shape index (κ3) is 3.37. The minimum atomic E-state index is 0.340. The summed E-state index contributed by atoms with van der Waals surface area (Å²) in [5.41, 5.74) is 2.79. The van der Waals surface area contributed by atoms with Crippen LogP contribution in [0.2, 0.25) is 0 Å². The molecular formula is C16H21NO. The van der Waals surface area contributed by atoms with E-state index in [2.05, 4.69) is 45.9 Å². The first-order chi connectivity index (χ1) is 8.49. The second-order valence-corrected chi connectivity index (χ2v) is 5.05. The van der Waals surface area contributed by atoms with Gasteiger partial charge in [0.1, 0.15) is 5.75 Å². The molecule has 18 heavy (non-hydrogen) atoms. The molecule has 0 fully saturated rings. The predicted molar refractivity (Wildman–Crippen MR) is 75.5 cm³/mol. The zero-order valence-electron chi connectivity index (χ0n) is 11.8. The van der Waals surface area contributed by atoms with Crippen LogP contribution in [0.4, 0.5) is 0 Å². The highest BCUT2D eigenvalue weighted by atomic mass is 16.5. The summed E-state index contributed by atoms with van der Waals surface area (Å²) >= 11 is 0. The number of ether oxygens (including phenoxy) is 1. The Morgan fingerprint density at radius 1 is 1.28 bits per heavy atom. The van der Waals surface area contributed by atoms with Crippen molar-refractivity contribution in [1.82, 2.24) is 0 Å². The van der Waals surface area contributed by atoms with Crippen LogP contribution in [0.3, 0.4) is 0 Å². The fourth-order valence-corrected chi connectivity index (χ4v) is 1.82. The van der Waals surface area contributed by atoms with E-state index in [1.54, 1.807) is 7.11 Å². The predicted octanol–water partition coefficient (Wildman–Crippen LogP) is 4.38. The van der Waals surface area contributed by atoms with E-state index in [1.165, 1.54) is 5.56 Å². The molecule has 0 aromatic heterocycles. The van der Waals surface area contributed by atoms with Crippen molar-refractivity contribution in [1.29, 1.82) is 5.26 Å². The van der Waals surface area contributed by atoms with Gasteiger partial charge in [0.2, 0.25) is 0 Å². The third-order valence-corrected chi connectivity index (χ3v) is 2.80. The van der Waals surface area contributed by atoms with Crippen LogP contribution in [0.15, 0.2) is 24.3 Å². The molecule has 1 aromatic carbocycles. The number of rotatable bonds is 4. The monoisotopic (exact) mass is 243 g/mol. The number of hydrogen-bond donors (Lipinski definition) is 0. The first-order valence-electron chi connectivity index (χ1n) is 6.29. The number of nitrogens with zero attached hydrogens (tertiary/aromatic N) is 1. The summed E-state index contributed by atoms with van der Waals surface area (Å²) in [5, 5.41) is 9.30. The maximum absolute atomic E-state index is 9.30. The van der Waals surface area contributed by atoms with Crippen molar-refractivity contribution in [3.05, 3.63) is 35.4 Å². The molecule has 0 aliphatic rings. The summed E-state index contributed by atoms with van der Waals surface area (Å²) in [6, 6.07) is 8.32. The van der Waals surface area contributed by atoms with Crippen molar-refractivity contribution in [2.24, 2.45) is 5.92 Å². The van der Waals surface area contributed by atoms with Crippen LogP contribution in [-0.2, 0) is 0 Å². The second-order valence-electron chi connectivity index (χ2n) is 5.05. The molecule has 2 nitrogen and oxygen atoms in total. The lowest BCUT2D eigenvalue weighted by Crippen LogP contribution is -1.96. The lowest BCUT2D eigenvalue weighted by molar-refractivity contribution is 0.413. The average molecular weight is 243 g/mol. The van der Waals surface area contributed by atoms with Crippen LogP contribution >= 0.6 is 0 Å². The van der Waals surface area contributed by atoms with Gasteiger partial charge in [0.05, 0.1) is 18.8 Å². The van der Waals surface area contributed by atoms with Gasteiger partial charge < -0.3 is 4.74 Å². The highest BCUT2D eigenvalue weighted by molar-refractivity contribution is 5.80. The molecule has 0 saturated carbocycles. The zero-order chi connectivity index (χ0) is 13.7. The van der Waals surface area contributed by atoms with Crippen molar-refractivity contribution in [2.75, 3.05) is 7.11 Å². The Kier molecular flexibility index (Phi) is 4.97. The van der Waals surface area contributed by atoms with Gasteiger partial charge in [-0.3, -0.25) is 0 Å². The largest absolute Gasteiger partial charge is 0.496 e. The number of hydrogen-bond acceptors (Lipinski definition) is 2. The van der Waals surface area contributed by atoms with Gasteiger partial charge in [-0.25, -0.2) is 0 Å². The Hall–Kier alpha value is -1.75. The lowest BCUT2D eigenvalue weighted by atomic mass is 9.95. The molecule has 0 aliphatic heterocycles. The standard InChI is InChI=1S/C16H21NO/c1-11(2)8-14(10-17)15-9-13(12(3)4)6-7-16(15)18-5/h6-9,11-12H,1-5H3/b14-8+. The van der Waals surface area contributed by atoms with Gasteiger partial charge in [0.25, 0.3) is 0 Å². The first-order valence-corrected chi connectivity index (χ1v) is 6.29. The van der Waals surface area contributed by atoms with Crippen LogP contribution in [0.5, 0.6) is 5.75 Å². The van der Waals surface area contributed by atoms with Crippen molar-refractivity contribution < 1.29 is 4.74 Å². The summed E-state index contributed by atoms with van der Waals surface area (Å²) in [6.07, 6.45) is 1.97. The maximum atomic E-state index is 9.30. The molecule has 0 saturated heterocycles. The molecule has 0 unspecified atom stereocenters. The van der Waals surface area contributed by atoms with E-state index in [0.717, 1.165) is 11.3 Å². The van der Waals surface area contributed by atoms with Crippen LogP contribution < -0.4 is 4.74 Å². The van der Waals surface area contributed by atoms with Crippen LogP contribution in [-0.4, -0.2) is 7.11 Å². The quantitative estimate of drug-likeness (QED) is 0.735. The zero-order valence-corrected chi connectivity index (χ0v) is 11.8. The Labute approximate surface area is 110 Å². The van der Waals surface area contributed by atoms with E-state index in [1.807, 2.05) is 12.1 Å². The van der Waals surface area contributed by atoms with Gasteiger partial charge in [-0.2, -0.15) is 5.26 Å². The van der Waals surface area contributed by atoms with Gasteiger partial charge >= 0.3 is 0 Å². The summed E-state index contributed by atoms with van der Waals surface area (Å²) in [5.74, 6) is 1.54. The smallest absolute Gasteiger partial charge is 0.127 e. The summed E-state index contributed by atoms with van der Waals surface area (Å²) in [7, 11) is 1.64. The average Bonchev–Trinajstić information content (AvgIpc) is 2.34. The van der Waals surface area contributed by atoms with Crippen molar-refractivity contribution >= 4 is 5.57 Å². The van der Waals surface area contributed by atoms with Gasteiger partial charge in [0, 0.05) is 5.56 Å². The number of methoxy groups -OCH3 is 1. The van der Waals surface area contributed by atoms with Crippen LogP contribution in [0, 0.1) is 17.2 Å². The summed E-state index contributed by atoms with van der Waals surface area (Å²) in [6.45, 7) is 8.42. The van der Waals surface area contributed by atoms with Crippen molar-refractivity contribution in [3.8, 4) is 11.8 Å². The molecule has 0 N–H and O–H groups in total. The summed E-state index contributed by atoms with van der Waals surface area (Å²) < 4.78 is 5.35. The minimum Gasteiger partial charge on any atom is -0.496 e. The molecule has 0 spiro atoms. The van der Waals surface area contributed by atoms with E-state index in [9.17, 15) is 5.26 Å². The minimum absolute atomic E-state index is 0.340. The lowest BCUT2D eigenvalue weighted by Gasteiger charge is -2.12. The Balaban J connectivity index is 3.36. The third-order valence-electron chi connectivity index (χ3n) is 2.80. The molecule has 0 heterocycles. The maximum Gasteiger partial charge on any atom is 0.127 e. The van der Waals surface area contributed by atoms with Gasteiger partial charge in [-0.05, 0) is 29.5 Å². The SMILES string of the molecule is COc1ccc(C(C)C)cc1/C(C#N)=C/C(C)C. The van der Waals surface area contributed by atoms with Gasteiger partial charge in [-0.15, -0.1) is 0 Å². The highest BCUT2D eigenvalue weighted by Crippen LogP contribution is 2.30. The first kappa shape index (κ1) is 14.3. The number of allylic oxidation sites excluding steroid dienone is 2.